The number of carbonyl (C=O) groups excluding carboxylic acids is 2. The number of anilines is 1. The van der Waals surface area contributed by atoms with Crippen LogP contribution >= 0.6 is 0 Å². The third-order valence-corrected chi connectivity index (χ3v) is 3.60. The quantitative estimate of drug-likeness (QED) is 0.628. The fourth-order valence-corrected chi connectivity index (χ4v) is 2.63. The molecule has 0 radical (unpaired) electrons. The standard InChI is InChI=1S/C13H15N3O2/c14-10-5-3-9(4-6-10)8-16-12(17)11-2-1-7-15(11)13(16)18/h3-6,11H,1-2,7-8,14H2/t11-/m0/s1. The molecule has 2 aliphatic heterocycles. The summed E-state index contributed by atoms with van der Waals surface area (Å²) in [7, 11) is 0. The Kier molecular flexibility index (Phi) is 2.47. The van der Waals surface area contributed by atoms with Crippen LogP contribution in [0.2, 0.25) is 0 Å². The maximum atomic E-state index is 12.1. The molecule has 5 nitrogen and oxygen atoms in total. The summed E-state index contributed by atoms with van der Waals surface area (Å²) in [6, 6.07) is 6.88. The Morgan fingerprint density at radius 3 is 2.61 bits per heavy atom. The number of urea groups is 1. The van der Waals surface area contributed by atoms with E-state index in [1.165, 1.54) is 4.90 Å². The summed E-state index contributed by atoms with van der Waals surface area (Å²) in [6.07, 6.45) is 1.72. The van der Waals surface area contributed by atoms with Crippen molar-refractivity contribution in [2.75, 3.05) is 12.3 Å². The van der Waals surface area contributed by atoms with Gasteiger partial charge in [-0.3, -0.25) is 9.69 Å². The minimum atomic E-state index is -0.216. The highest BCUT2D eigenvalue weighted by molar-refractivity contribution is 6.04. The number of fused-ring (bicyclic) bond motifs is 1. The molecule has 3 rings (SSSR count). The van der Waals surface area contributed by atoms with E-state index in [0.717, 1.165) is 18.4 Å². The van der Waals surface area contributed by atoms with Gasteiger partial charge in [0.25, 0.3) is 5.91 Å². The second-order valence-corrected chi connectivity index (χ2v) is 4.80. The number of hydrogen-bond acceptors (Lipinski definition) is 3. The van der Waals surface area contributed by atoms with Gasteiger partial charge in [-0.1, -0.05) is 12.1 Å². The first-order valence-corrected chi connectivity index (χ1v) is 6.13. The predicted octanol–water partition coefficient (Wildman–Crippen LogP) is 1.20. The maximum Gasteiger partial charge on any atom is 0.327 e. The van der Waals surface area contributed by atoms with Crippen molar-refractivity contribution in [3.8, 4) is 0 Å². The molecule has 1 aromatic carbocycles. The summed E-state index contributed by atoms with van der Waals surface area (Å²) >= 11 is 0. The first kappa shape index (κ1) is 11.1. The van der Waals surface area contributed by atoms with Crippen molar-refractivity contribution in [2.24, 2.45) is 0 Å². The van der Waals surface area contributed by atoms with E-state index in [1.54, 1.807) is 17.0 Å². The monoisotopic (exact) mass is 245 g/mol. The molecule has 0 aliphatic carbocycles. The van der Waals surface area contributed by atoms with Crippen molar-refractivity contribution >= 4 is 17.6 Å². The molecule has 0 aromatic heterocycles. The van der Waals surface area contributed by atoms with Crippen molar-refractivity contribution in [1.82, 2.24) is 9.80 Å². The Balaban J connectivity index is 1.79. The van der Waals surface area contributed by atoms with E-state index in [-0.39, 0.29) is 18.0 Å². The zero-order chi connectivity index (χ0) is 12.7. The summed E-state index contributed by atoms with van der Waals surface area (Å²) in [5.74, 6) is -0.0608. The Morgan fingerprint density at radius 2 is 1.94 bits per heavy atom. The van der Waals surface area contributed by atoms with E-state index in [1.807, 2.05) is 12.1 Å². The molecule has 94 valence electrons. The molecule has 5 heteroatoms. The molecule has 2 aliphatic rings. The highest BCUT2D eigenvalue weighted by atomic mass is 16.2. The first-order valence-electron chi connectivity index (χ1n) is 6.13. The second kappa shape index (κ2) is 4.01. The van der Waals surface area contributed by atoms with Crippen molar-refractivity contribution in [3.63, 3.8) is 0 Å². The van der Waals surface area contributed by atoms with Gasteiger partial charge in [0.05, 0.1) is 6.54 Å². The summed E-state index contributed by atoms with van der Waals surface area (Å²) < 4.78 is 0. The Labute approximate surface area is 105 Å². The van der Waals surface area contributed by atoms with Crippen LogP contribution in [0.1, 0.15) is 18.4 Å². The van der Waals surface area contributed by atoms with Gasteiger partial charge in [0.2, 0.25) is 0 Å². The molecule has 0 saturated carbocycles. The smallest absolute Gasteiger partial charge is 0.327 e. The van der Waals surface area contributed by atoms with Crippen LogP contribution in [0.25, 0.3) is 0 Å². The molecular weight excluding hydrogens is 230 g/mol. The fourth-order valence-electron chi connectivity index (χ4n) is 2.63. The van der Waals surface area contributed by atoms with E-state index >= 15 is 0 Å². The van der Waals surface area contributed by atoms with Gasteiger partial charge in [-0.15, -0.1) is 0 Å². The lowest BCUT2D eigenvalue weighted by atomic mass is 10.2. The van der Waals surface area contributed by atoms with Crippen LogP contribution in [-0.2, 0) is 11.3 Å². The van der Waals surface area contributed by atoms with Gasteiger partial charge in [0.15, 0.2) is 0 Å². The fraction of sp³-hybridized carbons (Fsp3) is 0.385. The van der Waals surface area contributed by atoms with Crippen molar-refractivity contribution < 1.29 is 9.59 Å². The number of rotatable bonds is 2. The van der Waals surface area contributed by atoms with Crippen LogP contribution in [0.5, 0.6) is 0 Å². The number of nitrogens with zero attached hydrogens (tertiary/aromatic N) is 2. The zero-order valence-corrected chi connectivity index (χ0v) is 10.0. The highest BCUT2D eigenvalue weighted by Crippen LogP contribution is 2.28. The number of nitrogen functional groups attached to an aromatic ring is 1. The summed E-state index contributed by atoms with van der Waals surface area (Å²) in [4.78, 5) is 27.2. The van der Waals surface area contributed by atoms with Gasteiger partial charge in [0.1, 0.15) is 6.04 Å². The zero-order valence-electron chi connectivity index (χ0n) is 10.0. The molecule has 18 heavy (non-hydrogen) atoms. The van der Waals surface area contributed by atoms with Gasteiger partial charge in [-0.05, 0) is 30.5 Å². The average Bonchev–Trinajstić information content (AvgIpc) is 2.92. The predicted molar refractivity (Wildman–Crippen MR) is 66.5 cm³/mol. The lowest BCUT2D eigenvalue weighted by Crippen LogP contribution is -2.32. The second-order valence-electron chi connectivity index (χ2n) is 4.80. The lowest BCUT2D eigenvalue weighted by molar-refractivity contribution is -0.128. The van der Waals surface area contributed by atoms with Gasteiger partial charge < -0.3 is 10.6 Å². The molecule has 0 unspecified atom stereocenters. The Bertz CT molecular complexity index is 475. The highest BCUT2D eigenvalue weighted by Gasteiger charge is 2.46. The molecule has 2 saturated heterocycles. The lowest BCUT2D eigenvalue weighted by Gasteiger charge is -2.15. The third-order valence-electron chi connectivity index (χ3n) is 3.60. The normalized spacial score (nSPS) is 22.8. The minimum Gasteiger partial charge on any atom is -0.399 e. The van der Waals surface area contributed by atoms with E-state index < -0.39 is 0 Å². The molecule has 2 fully saturated rings. The molecule has 1 aromatic rings. The largest absolute Gasteiger partial charge is 0.399 e. The van der Waals surface area contributed by atoms with Crippen LogP contribution < -0.4 is 5.73 Å². The number of hydrogen-bond donors (Lipinski definition) is 1. The molecular formula is C13H15N3O2. The van der Waals surface area contributed by atoms with E-state index in [9.17, 15) is 9.59 Å². The topological polar surface area (TPSA) is 66.6 Å². The molecule has 0 bridgehead atoms. The summed E-state index contributed by atoms with van der Waals surface area (Å²) in [6.45, 7) is 1.04. The van der Waals surface area contributed by atoms with Crippen LogP contribution in [0.15, 0.2) is 24.3 Å². The van der Waals surface area contributed by atoms with Gasteiger partial charge in [0, 0.05) is 12.2 Å². The number of amides is 3. The SMILES string of the molecule is Nc1ccc(CN2C(=O)[C@@H]3CCCN3C2=O)cc1. The van der Waals surface area contributed by atoms with Crippen molar-refractivity contribution in [3.05, 3.63) is 29.8 Å². The van der Waals surface area contributed by atoms with Crippen LogP contribution in [0.3, 0.4) is 0 Å². The molecule has 2 N–H and O–H groups in total. The van der Waals surface area contributed by atoms with Crippen LogP contribution in [-0.4, -0.2) is 34.3 Å². The number of benzene rings is 1. The molecule has 3 amide bonds. The van der Waals surface area contributed by atoms with Gasteiger partial charge in [-0.25, -0.2) is 4.79 Å². The van der Waals surface area contributed by atoms with Crippen molar-refractivity contribution in [2.45, 2.75) is 25.4 Å². The molecule has 2 heterocycles. The minimum absolute atomic E-state index is 0.0608. The van der Waals surface area contributed by atoms with Crippen LogP contribution in [0, 0.1) is 0 Å². The van der Waals surface area contributed by atoms with Gasteiger partial charge >= 0.3 is 6.03 Å². The number of carbonyl (C=O) groups is 2. The number of imide groups is 1. The van der Waals surface area contributed by atoms with Gasteiger partial charge in [-0.2, -0.15) is 0 Å². The van der Waals surface area contributed by atoms with Crippen molar-refractivity contribution in [1.29, 1.82) is 0 Å². The summed E-state index contributed by atoms with van der Waals surface area (Å²) in [5, 5.41) is 0. The summed E-state index contributed by atoms with van der Waals surface area (Å²) in [5.41, 5.74) is 7.21. The molecule has 1 atom stereocenters. The molecule has 0 spiro atoms. The van der Waals surface area contributed by atoms with E-state index in [2.05, 4.69) is 0 Å². The van der Waals surface area contributed by atoms with E-state index in [4.69, 9.17) is 5.73 Å². The Hall–Kier alpha value is -2.04. The van der Waals surface area contributed by atoms with E-state index in [0.29, 0.717) is 18.8 Å². The van der Waals surface area contributed by atoms with Crippen LogP contribution in [0.4, 0.5) is 10.5 Å². The average molecular weight is 245 g/mol. The first-order chi connectivity index (χ1) is 8.66. The third kappa shape index (κ3) is 1.63. The maximum absolute atomic E-state index is 12.1. The number of nitrogens with two attached hydrogens (primary N) is 1. The Morgan fingerprint density at radius 1 is 1.22 bits per heavy atom.